The predicted octanol–water partition coefficient (Wildman–Crippen LogP) is 7.19. The molecule has 0 amide bonds. The summed E-state index contributed by atoms with van der Waals surface area (Å²) in [4.78, 5) is 18.8. The zero-order valence-electron chi connectivity index (χ0n) is 18.3. The standard InChI is InChI=1S/C28H25NO2/c1-16(2)18-13-9-14-19(17(3)4)25(18)29-26-20-10-5-6-11-21(20)28-24(26)27(30)22-12-7-8-15-23(22)31-28/h5-17H,1-4H3. The first-order valence-electron chi connectivity index (χ1n) is 10.8. The van der Waals surface area contributed by atoms with Gasteiger partial charge in [0, 0.05) is 11.1 Å². The van der Waals surface area contributed by atoms with Crippen LogP contribution < -0.4 is 5.43 Å². The molecule has 0 bridgehead atoms. The second kappa shape index (κ2) is 7.35. The molecule has 0 saturated heterocycles. The molecule has 1 aliphatic carbocycles. The number of rotatable bonds is 3. The van der Waals surface area contributed by atoms with Crippen molar-refractivity contribution >= 4 is 22.4 Å². The van der Waals surface area contributed by atoms with Crippen LogP contribution in [-0.2, 0) is 0 Å². The molecule has 154 valence electrons. The van der Waals surface area contributed by atoms with Crippen molar-refractivity contribution in [3.8, 4) is 11.3 Å². The van der Waals surface area contributed by atoms with Crippen LogP contribution in [0.15, 0.2) is 80.9 Å². The van der Waals surface area contributed by atoms with Crippen LogP contribution in [-0.4, -0.2) is 5.71 Å². The van der Waals surface area contributed by atoms with Gasteiger partial charge in [-0.2, -0.15) is 0 Å². The highest BCUT2D eigenvalue weighted by Crippen LogP contribution is 2.41. The summed E-state index contributed by atoms with van der Waals surface area (Å²) < 4.78 is 6.25. The number of para-hydroxylation sites is 2. The summed E-state index contributed by atoms with van der Waals surface area (Å²) in [6, 6.07) is 21.8. The number of fused-ring (bicyclic) bond motifs is 4. The van der Waals surface area contributed by atoms with Crippen molar-refractivity contribution < 1.29 is 4.42 Å². The highest BCUT2D eigenvalue weighted by atomic mass is 16.3. The second-order valence-corrected chi connectivity index (χ2v) is 8.73. The molecule has 4 aromatic rings. The van der Waals surface area contributed by atoms with Crippen molar-refractivity contribution in [2.45, 2.75) is 39.5 Å². The van der Waals surface area contributed by atoms with E-state index in [0.29, 0.717) is 39.8 Å². The number of benzene rings is 3. The minimum absolute atomic E-state index is 0.0278. The number of aliphatic imine (C=N–C) groups is 1. The average Bonchev–Trinajstić information content (AvgIpc) is 3.07. The van der Waals surface area contributed by atoms with E-state index in [-0.39, 0.29) is 5.43 Å². The third-order valence-electron chi connectivity index (χ3n) is 6.03. The summed E-state index contributed by atoms with van der Waals surface area (Å²) in [6.45, 7) is 8.73. The molecule has 3 aromatic carbocycles. The Morgan fingerprint density at radius 3 is 2.03 bits per heavy atom. The van der Waals surface area contributed by atoms with Gasteiger partial charge < -0.3 is 4.42 Å². The maximum atomic E-state index is 13.6. The van der Waals surface area contributed by atoms with Gasteiger partial charge in [0.2, 0.25) is 5.43 Å². The van der Waals surface area contributed by atoms with Crippen LogP contribution in [0.25, 0.3) is 22.3 Å². The van der Waals surface area contributed by atoms with E-state index in [1.165, 1.54) is 11.1 Å². The van der Waals surface area contributed by atoms with E-state index in [4.69, 9.17) is 9.41 Å². The third kappa shape index (κ3) is 3.04. The van der Waals surface area contributed by atoms with E-state index in [9.17, 15) is 4.79 Å². The van der Waals surface area contributed by atoms with Gasteiger partial charge >= 0.3 is 0 Å². The maximum Gasteiger partial charge on any atom is 0.202 e. The Morgan fingerprint density at radius 2 is 1.35 bits per heavy atom. The Hall–Kier alpha value is -3.46. The largest absolute Gasteiger partial charge is 0.455 e. The molecular weight excluding hydrogens is 382 g/mol. The van der Waals surface area contributed by atoms with Gasteiger partial charge in [-0.15, -0.1) is 0 Å². The van der Waals surface area contributed by atoms with Crippen LogP contribution in [0.4, 0.5) is 5.69 Å². The van der Waals surface area contributed by atoms with Crippen molar-refractivity contribution in [1.82, 2.24) is 0 Å². The van der Waals surface area contributed by atoms with Gasteiger partial charge in [-0.25, -0.2) is 4.99 Å². The Kier molecular flexibility index (Phi) is 4.62. The summed E-state index contributed by atoms with van der Waals surface area (Å²) in [5.74, 6) is 1.26. The molecule has 0 spiro atoms. The Morgan fingerprint density at radius 1 is 0.742 bits per heavy atom. The van der Waals surface area contributed by atoms with Crippen LogP contribution in [0, 0.1) is 0 Å². The molecule has 0 unspecified atom stereocenters. The van der Waals surface area contributed by atoms with Crippen LogP contribution in [0.1, 0.15) is 61.8 Å². The van der Waals surface area contributed by atoms with Gasteiger partial charge in [0.25, 0.3) is 0 Å². The van der Waals surface area contributed by atoms with E-state index in [2.05, 4.69) is 45.9 Å². The minimum Gasteiger partial charge on any atom is -0.455 e. The van der Waals surface area contributed by atoms with Gasteiger partial charge in [-0.05, 0) is 35.1 Å². The molecule has 0 N–H and O–H groups in total. The zero-order valence-corrected chi connectivity index (χ0v) is 18.3. The fourth-order valence-electron chi connectivity index (χ4n) is 4.44. The Bertz CT molecular complexity index is 1380. The van der Waals surface area contributed by atoms with E-state index in [1.807, 2.05) is 48.5 Å². The molecule has 1 aromatic heterocycles. The minimum atomic E-state index is -0.0278. The first-order chi connectivity index (χ1) is 15.0. The summed E-state index contributed by atoms with van der Waals surface area (Å²) >= 11 is 0. The van der Waals surface area contributed by atoms with Gasteiger partial charge in [-0.1, -0.05) is 82.3 Å². The summed E-state index contributed by atoms with van der Waals surface area (Å²) in [6.07, 6.45) is 0. The number of hydrogen-bond acceptors (Lipinski definition) is 3. The van der Waals surface area contributed by atoms with Crippen LogP contribution in [0.5, 0.6) is 0 Å². The molecule has 31 heavy (non-hydrogen) atoms. The lowest BCUT2D eigenvalue weighted by Crippen LogP contribution is -2.14. The van der Waals surface area contributed by atoms with Crippen molar-refractivity contribution in [1.29, 1.82) is 0 Å². The van der Waals surface area contributed by atoms with E-state index < -0.39 is 0 Å². The molecule has 5 rings (SSSR count). The van der Waals surface area contributed by atoms with Crippen molar-refractivity contribution in [2.24, 2.45) is 4.99 Å². The van der Waals surface area contributed by atoms with Crippen LogP contribution >= 0.6 is 0 Å². The molecule has 0 aliphatic heterocycles. The SMILES string of the molecule is CC(C)c1cccc(C(C)C)c1N=C1c2ccccc2-c2oc3ccccc3c(=O)c21. The quantitative estimate of drug-likeness (QED) is 0.318. The van der Waals surface area contributed by atoms with Crippen molar-refractivity contribution in [3.05, 3.63) is 99.2 Å². The van der Waals surface area contributed by atoms with E-state index in [0.717, 1.165) is 16.8 Å². The summed E-state index contributed by atoms with van der Waals surface area (Å²) in [5, 5.41) is 0.586. The van der Waals surface area contributed by atoms with E-state index >= 15 is 0 Å². The summed E-state index contributed by atoms with van der Waals surface area (Å²) in [5.41, 5.74) is 7.07. The molecule has 0 radical (unpaired) electrons. The normalized spacial score (nSPS) is 13.9. The third-order valence-corrected chi connectivity index (χ3v) is 6.03. The lowest BCUT2D eigenvalue weighted by atomic mass is 9.92. The molecule has 1 heterocycles. The molecule has 1 aliphatic rings. The fourth-order valence-corrected chi connectivity index (χ4v) is 4.44. The maximum absolute atomic E-state index is 13.6. The van der Waals surface area contributed by atoms with E-state index in [1.54, 1.807) is 0 Å². The topological polar surface area (TPSA) is 42.6 Å². The molecule has 0 fully saturated rings. The average molecular weight is 408 g/mol. The highest BCUT2D eigenvalue weighted by Gasteiger charge is 2.31. The molecular formula is C28H25NO2. The number of hydrogen-bond donors (Lipinski definition) is 0. The highest BCUT2D eigenvalue weighted by molar-refractivity contribution is 6.25. The van der Waals surface area contributed by atoms with Gasteiger partial charge in [-0.3, -0.25) is 4.79 Å². The number of nitrogens with zero attached hydrogens (tertiary/aromatic N) is 1. The predicted molar refractivity (Wildman–Crippen MR) is 128 cm³/mol. The first kappa shape index (κ1) is 19.5. The molecule has 3 nitrogen and oxygen atoms in total. The molecule has 0 saturated carbocycles. The lowest BCUT2D eigenvalue weighted by Gasteiger charge is -2.17. The van der Waals surface area contributed by atoms with Crippen molar-refractivity contribution in [2.75, 3.05) is 0 Å². The monoisotopic (exact) mass is 407 g/mol. The lowest BCUT2D eigenvalue weighted by molar-refractivity contribution is 0.619. The Labute approximate surface area is 182 Å². The van der Waals surface area contributed by atoms with Gasteiger partial charge in [0.1, 0.15) is 11.3 Å². The zero-order chi connectivity index (χ0) is 21.7. The molecule has 0 atom stereocenters. The second-order valence-electron chi connectivity index (χ2n) is 8.73. The van der Waals surface area contributed by atoms with Gasteiger partial charge in [0.15, 0.2) is 0 Å². The smallest absolute Gasteiger partial charge is 0.202 e. The fraction of sp³-hybridized carbons (Fsp3) is 0.214. The summed E-state index contributed by atoms with van der Waals surface area (Å²) in [7, 11) is 0. The van der Waals surface area contributed by atoms with Crippen LogP contribution in [0.3, 0.4) is 0 Å². The first-order valence-corrected chi connectivity index (χ1v) is 10.8. The Balaban J connectivity index is 1.89. The molecule has 3 heteroatoms. The van der Waals surface area contributed by atoms with Gasteiger partial charge in [0.05, 0.1) is 22.3 Å². The van der Waals surface area contributed by atoms with Crippen LogP contribution in [0.2, 0.25) is 0 Å². The van der Waals surface area contributed by atoms with Crippen molar-refractivity contribution in [3.63, 3.8) is 0 Å².